The summed E-state index contributed by atoms with van der Waals surface area (Å²) in [7, 11) is 5.83. The molecule has 0 bridgehead atoms. The number of methoxy groups -OCH3 is 4. The largest absolute Gasteiger partial charge is 0.496 e. The zero-order valence-corrected chi connectivity index (χ0v) is 14.1. The van der Waals surface area contributed by atoms with E-state index >= 15 is 0 Å². The maximum absolute atomic E-state index is 13.2. The average molecular weight is 332 g/mol. The molecule has 0 amide bonds. The minimum Gasteiger partial charge on any atom is -0.496 e. The van der Waals surface area contributed by atoms with Gasteiger partial charge in [-0.3, -0.25) is 9.59 Å². The van der Waals surface area contributed by atoms with Gasteiger partial charge in [0.25, 0.3) is 0 Å². The van der Waals surface area contributed by atoms with Crippen LogP contribution in [0, 0.1) is 5.41 Å². The van der Waals surface area contributed by atoms with Crippen molar-refractivity contribution in [3.8, 4) is 5.75 Å². The molecule has 6 nitrogen and oxygen atoms in total. The SMILES string of the molecule is COc1cccc2c1C(=O)C1(C=CC(OC)(OC)C(=O)C1)C2OC. The van der Waals surface area contributed by atoms with E-state index in [-0.39, 0.29) is 18.0 Å². The second kappa shape index (κ2) is 5.81. The molecule has 3 rings (SSSR count). The van der Waals surface area contributed by atoms with Gasteiger partial charge in [-0.1, -0.05) is 18.2 Å². The summed E-state index contributed by atoms with van der Waals surface area (Å²) >= 11 is 0. The van der Waals surface area contributed by atoms with Gasteiger partial charge in [-0.2, -0.15) is 0 Å². The Morgan fingerprint density at radius 3 is 2.29 bits per heavy atom. The fourth-order valence-electron chi connectivity index (χ4n) is 3.73. The monoisotopic (exact) mass is 332 g/mol. The molecule has 24 heavy (non-hydrogen) atoms. The van der Waals surface area contributed by atoms with Crippen LogP contribution in [0.1, 0.15) is 28.4 Å². The van der Waals surface area contributed by atoms with Crippen molar-refractivity contribution in [2.45, 2.75) is 18.3 Å². The van der Waals surface area contributed by atoms with Crippen molar-refractivity contribution < 1.29 is 28.5 Å². The molecular formula is C18H20O6. The quantitative estimate of drug-likeness (QED) is 0.621. The summed E-state index contributed by atoms with van der Waals surface area (Å²) in [5.41, 5.74) is 0.0804. The second-order valence-electron chi connectivity index (χ2n) is 5.92. The maximum atomic E-state index is 13.2. The average Bonchev–Trinajstić information content (AvgIpc) is 2.84. The summed E-state index contributed by atoms with van der Waals surface area (Å²) in [6.07, 6.45) is 2.54. The molecule has 0 heterocycles. The fraction of sp³-hybridized carbons (Fsp3) is 0.444. The molecule has 1 aromatic carbocycles. The molecular weight excluding hydrogens is 312 g/mol. The number of carbonyl (C=O) groups is 2. The smallest absolute Gasteiger partial charge is 0.248 e. The highest BCUT2D eigenvalue weighted by Gasteiger charge is 2.59. The highest BCUT2D eigenvalue weighted by molar-refractivity contribution is 6.12. The van der Waals surface area contributed by atoms with Gasteiger partial charge in [-0.25, -0.2) is 0 Å². The number of carbonyl (C=O) groups excluding carboxylic acids is 2. The van der Waals surface area contributed by atoms with Crippen LogP contribution in [-0.2, 0) is 19.0 Å². The Morgan fingerprint density at radius 1 is 1.04 bits per heavy atom. The van der Waals surface area contributed by atoms with Gasteiger partial charge in [-0.05, 0) is 17.7 Å². The number of hydrogen-bond donors (Lipinski definition) is 0. The van der Waals surface area contributed by atoms with Gasteiger partial charge < -0.3 is 18.9 Å². The van der Waals surface area contributed by atoms with Crippen LogP contribution in [0.15, 0.2) is 30.4 Å². The van der Waals surface area contributed by atoms with Crippen molar-refractivity contribution >= 4 is 11.6 Å². The molecule has 0 saturated carbocycles. The first-order valence-electron chi connectivity index (χ1n) is 7.58. The van der Waals surface area contributed by atoms with E-state index in [2.05, 4.69) is 0 Å². The zero-order chi connectivity index (χ0) is 17.5. The van der Waals surface area contributed by atoms with Crippen LogP contribution in [0.5, 0.6) is 5.75 Å². The highest BCUT2D eigenvalue weighted by Crippen LogP contribution is 2.55. The Labute approximate surface area is 140 Å². The van der Waals surface area contributed by atoms with Gasteiger partial charge in [0, 0.05) is 27.8 Å². The van der Waals surface area contributed by atoms with Gasteiger partial charge in [0.05, 0.1) is 24.2 Å². The summed E-state index contributed by atoms with van der Waals surface area (Å²) in [6.45, 7) is 0. The standard InChI is InChI=1S/C18H20O6/c1-21-12-7-5-6-11-14(12)15(20)17(16(11)22-2)8-9-18(23-3,24-4)13(19)10-17/h5-9,16H,10H2,1-4H3. The number of hydrogen-bond acceptors (Lipinski definition) is 6. The number of benzene rings is 1. The first kappa shape index (κ1) is 16.8. The predicted molar refractivity (Wildman–Crippen MR) is 85.0 cm³/mol. The van der Waals surface area contributed by atoms with E-state index in [1.54, 1.807) is 18.2 Å². The van der Waals surface area contributed by atoms with Crippen LogP contribution >= 0.6 is 0 Å². The molecule has 0 saturated heterocycles. The van der Waals surface area contributed by atoms with E-state index in [0.29, 0.717) is 11.3 Å². The van der Waals surface area contributed by atoms with Gasteiger partial charge in [0.2, 0.25) is 5.79 Å². The molecule has 1 aromatic rings. The zero-order valence-electron chi connectivity index (χ0n) is 14.1. The Bertz CT molecular complexity index is 718. The number of ketones is 2. The van der Waals surface area contributed by atoms with Crippen LogP contribution in [-0.4, -0.2) is 45.8 Å². The first-order valence-corrected chi connectivity index (χ1v) is 7.58. The Morgan fingerprint density at radius 2 is 1.75 bits per heavy atom. The summed E-state index contributed by atoms with van der Waals surface area (Å²) in [5, 5.41) is 0. The van der Waals surface area contributed by atoms with Gasteiger partial charge >= 0.3 is 0 Å². The first-order chi connectivity index (χ1) is 11.5. The van der Waals surface area contributed by atoms with Gasteiger partial charge in [0.15, 0.2) is 11.6 Å². The molecule has 2 aliphatic rings. The minimum atomic E-state index is -1.46. The lowest BCUT2D eigenvalue weighted by atomic mass is 9.72. The molecule has 0 N–H and O–H groups in total. The van der Waals surface area contributed by atoms with E-state index in [1.165, 1.54) is 34.5 Å². The second-order valence-corrected chi connectivity index (χ2v) is 5.92. The molecule has 1 spiro atoms. The van der Waals surface area contributed by atoms with Crippen LogP contribution in [0.4, 0.5) is 0 Å². The topological polar surface area (TPSA) is 71.1 Å². The maximum Gasteiger partial charge on any atom is 0.248 e. The molecule has 0 radical (unpaired) electrons. The minimum absolute atomic E-state index is 0.0691. The van der Waals surface area contributed by atoms with Crippen LogP contribution < -0.4 is 4.74 Å². The van der Waals surface area contributed by atoms with Crippen molar-refractivity contribution in [1.82, 2.24) is 0 Å². The summed E-state index contributed by atoms with van der Waals surface area (Å²) in [6, 6.07) is 5.36. The van der Waals surface area contributed by atoms with Crippen LogP contribution in [0.3, 0.4) is 0 Å². The van der Waals surface area contributed by atoms with Gasteiger partial charge in [-0.15, -0.1) is 0 Å². The molecule has 6 heteroatoms. The third-order valence-electron chi connectivity index (χ3n) is 4.96. The lowest BCUT2D eigenvalue weighted by Gasteiger charge is -2.38. The molecule has 128 valence electrons. The number of fused-ring (bicyclic) bond motifs is 1. The molecule has 2 atom stereocenters. The normalized spacial score (nSPS) is 27.6. The third kappa shape index (κ3) is 2.00. The van der Waals surface area contributed by atoms with Crippen LogP contribution in [0.25, 0.3) is 0 Å². The highest BCUT2D eigenvalue weighted by atomic mass is 16.7. The summed E-state index contributed by atoms with van der Waals surface area (Å²) < 4.78 is 21.4. The van der Waals surface area contributed by atoms with Crippen LogP contribution in [0.2, 0.25) is 0 Å². The van der Waals surface area contributed by atoms with Crippen molar-refractivity contribution in [2.24, 2.45) is 5.41 Å². The molecule has 0 fully saturated rings. The molecule has 0 aromatic heterocycles. The third-order valence-corrected chi connectivity index (χ3v) is 4.96. The van der Waals surface area contributed by atoms with Crippen molar-refractivity contribution in [3.63, 3.8) is 0 Å². The number of ether oxygens (including phenoxy) is 4. The van der Waals surface area contributed by atoms with E-state index < -0.39 is 17.3 Å². The molecule has 0 aliphatic heterocycles. The fourth-order valence-corrected chi connectivity index (χ4v) is 3.73. The van der Waals surface area contributed by atoms with E-state index in [1.807, 2.05) is 6.07 Å². The Hall–Kier alpha value is -2.02. The Balaban J connectivity index is 2.16. The summed E-state index contributed by atoms with van der Waals surface area (Å²) in [4.78, 5) is 25.9. The summed E-state index contributed by atoms with van der Waals surface area (Å²) in [5.74, 6) is -1.49. The van der Waals surface area contributed by atoms with E-state index in [9.17, 15) is 9.59 Å². The predicted octanol–water partition coefficient (Wildman–Crippen LogP) is 2.08. The lowest BCUT2D eigenvalue weighted by molar-refractivity contribution is -0.190. The molecule has 2 unspecified atom stereocenters. The molecule has 2 aliphatic carbocycles. The van der Waals surface area contributed by atoms with Gasteiger partial charge in [0.1, 0.15) is 5.75 Å². The number of Topliss-reactive ketones (excluding diaryl/α,β-unsaturated/α-hetero) is 2. The lowest BCUT2D eigenvalue weighted by Crippen LogP contribution is -2.49. The Kier molecular flexibility index (Phi) is 4.07. The van der Waals surface area contributed by atoms with E-state index in [4.69, 9.17) is 18.9 Å². The van der Waals surface area contributed by atoms with Crippen molar-refractivity contribution in [1.29, 1.82) is 0 Å². The van der Waals surface area contributed by atoms with E-state index in [0.717, 1.165) is 5.56 Å². The number of rotatable bonds is 4. The van der Waals surface area contributed by atoms with Crippen molar-refractivity contribution in [2.75, 3.05) is 28.4 Å². The van der Waals surface area contributed by atoms with Crippen molar-refractivity contribution in [3.05, 3.63) is 41.5 Å².